The fourth-order valence-electron chi connectivity index (χ4n) is 2.17. The molecule has 0 saturated carbocycles. The Morgan fingerprint density at radius 2 is 2.56 bits per heavy atom. The van der Waals surface area contributed by atoms with E-state index < -0.39 is 5.97 Å². The Kier molecular flexibility index (Phi) is 4.73. The largest absolute Gasteiger partial charge is 0.460 e. The summed E-state index contributed by atoms with van der Waals surface area (Å²) in [7, 11) is 0. The first-order chi connectivity index (χ1) is 8.78. The van der Waals surface area contributed by atoms with Gasteiger partial charge in [0.1, 0.15) is 12.5 Å². The Labute approximate surface area is 111 Å². The minimum atomic E-state index is -0.402. The number of nitrogens with zero attached hydrogens (tertiary/aromatic N) is 2. The van der Waals surface area contributed by atoms with Crippen molar-refractivity contribution < 1.29 is 9.53 Å². The van der Waals surface area contributed by atoms with Gasteiger partial charge in [0, 0.05) is 18.0 Å². The maximum absolute atomic E-state index is 11.3. The highest BCUT2D eigenvalue weighted by atomic mass is 32.1. The van der Waals surface area contributed by atoms with Crippen molar-refractivity contribution in [3.8, 4) is 6.07 Å². The van der Waals surface area contributed by atoms with Crippen LogP contribution in [0.5, 0.6) is 0 Å². The van der Waals surface area contributed by atoms with E-state index in [0.29, 0.717) is 0 Å². The normalized spacial score (nSPS) is 20.3. The molecule has 1 atom stereocenters. The number of ether oxygens (including phenoxy) is 1. The summed E-state index contributed by atoms with van der Waals surface area (Å²) in [6.45, 7) is 2.74. The van der Waals surface area contributed by atoms with Crippen molar-refractivity contribution >= 4 is 17.3 Å². The number of hydrogen-bond donors (Lipinski definition) is 0. The molecule has 1 aromatic rings. The summed E-state index contributed by atoms with van der Waals surface area (Å²) in [5.41, 5.74) is 0. The number of thiophene rings is 1. The van der Waals surface area contributed by atoms with Gasteiger partial charge in [-0.3, -0.25) is 9.69 Å². The Hall–Kier alpha value is -1.38. The van der Waals surface area contributed by atoms with Gasteiger partial charge in [-0.05, 0) is 30.8 Å². The molecule has 0 amide bonds. The minimum Gasteiger partial charge on any atom is -0.460 e. The second kappa shape index (κ2) is 6.53. The van der Waals surface area contributed by atoms with Gasteiger partial charge in [-0.2, -0.15) is 5.26 Å². The van der Waals surface area contributed by atoms with Crippen LogP contribution >= 0.6 is 11.3 Å². The molecule has 0 aliphatic carbocycles. The van der Waals surface area contributed by atoms with E-state index in [-0.39, 0.29) is 12.5 Å². The summed E-state index contributed by atoms with van der Waals surface area (Å²) >= 11 is 1.75. The molecule has 2 rings (SSSR count). The van der Waals surface area contributed by atoms with Gasteiger partial charge in [0.05, 0.1) is 6.07 Å². The molecule has 0 spiro atoms. The van der Waals surface area contributed by atoms with E-state index in [1.807, 2.05) is 12.1 Å². The standard InChI is InChI=1S/C13H16N2O2S/c14-6-5-13(16)17-11-3-1-7-15(9-11)10-12-4-2-8-18-12/h2,4,8,11H,1,3,5,7,9-10H2. The van der Waals surface area contributed by atoms with Gasteiger partial charge in [0.15, 0.2) is 0 Å². The van der Waals surface area contributed by atoms with Gasteiger partial charge in [-0.1, -0.05) is 6.07 Å². The summed E-state index contributed by atoms with van der Waals surface area (Å²) in [6.07, 6.45) is 1.73. The monoisotopic (exact) mass is 264 g/mol. The van der Waals surface area contributed by atoms with E-state index in [4.69, 9.17) is 10.00 Å². The van der Waals surface area contributed by atoms with Gasteiger partial charge in [0.2, 0.25) is 0 Å². The summed E-state index contributed by atoms with van der Waals surface area (Å²) in [6, 6.07) is 5.99. The second-order valence-electron chi connectivity index (χ2n) is 4.40. The van der Waals surface area contributed by atoms with Crippen LogP contribution in [0.3, 0.4) is 0 Å². The lowest BCUT2D eigenvalue weighted by Gasteiger charge is -2.31. The molecule has 0 aromatic carbocycles. The van der Waals surface area contributed by atoms with Crippen molar-refractivity contribution in [1.29, 1.82) is 5.26 Å². The van der Waals surface area contributed by atoms with Gasteiger partial charge in [-0.25, -0.2) is 0 Å². The van der Waals surface area contributed by atoms with E-state index in [0.717, 1.165) is 32.5 Å². The molecule has 1 unspecified atom stereocenters. The molecule has 1 aliphatic heterocycles. The van der Waals surface area contributed by atoms with E-state index >= 15 is 0 Å². The minimum absolute atomic E-state index is 0.0560. The smallest absolute Gasteiger partial charge is 0.320 e. The predicted octanol–water partition coefficient (Wildman–Crippen LogP) is 2.17. The fourth-order valence-corrected chi connectivity index (χ4v) is 2.91. The highest BCUT2D eigenvalue weighted by Crippen LogP contribution is 2.18. The van der Waals surface area contributed by atoms with E-state index in [9.17, 15) is 4.79 Å². The van der Waals surface area contributed by atoms with Crippen LogP contribution in [-0.2, 0) is 16.1 Å². The van der Waals surface area contributed by atoms with Crippen molar-refractivity contribution in [3.05, 3.63) is 22.4 Å². The number of carbonyl (C=O) groups excluding carboxylic acids is 1. The molecule has 5 heteroatoms. The molecule has 96 valence electrons. The molecule has 1 aromatic heterocycles. The molecule has 0 radical (unpaired) electrons. The zero-order valence-corrected chi connectivity index (χ0v) is 11.0. The first-order valence-electron chi connectivity index (χ1n) is 6.09. The molecule has 2 heterocycles. The average Bonchev–Trinajstić information content (AvgIpc) is 2.82. The summed E-state index contributed by atoms with van der Waals surface area (Å²) in [5.74, 6) is -0.402. The number of likely N-dealkylation sites (tertiary alicyclic amines) is 1. The third-order valence-corrected chi connectivity index (χ3v) is 3.80. The molecule has 1 fully saturated rings. The number of hydrogen-bond acceptors (Lipinski definition) is 5. The maximum Gasteiger partial charge on any atom is 0.320 e. The fraction of sp³-hybridized carbons (Fsp3) is 0.538. The Morgan fingerprint density at radius 3 is 3.28 bits per heavy atom. The second-order valence-corrected chi connectivity index (χ2v) is 5.44. The number of carbonyl (C=O) groups is 1. The number of piperidine rings is 1. The number of esters is 1. The SMILES string of the molecule is N#CCC(=O)OC1CCCN(Cc2cccs2)C1. The zero-order valence-electron chi connectivity index (χ0n) is 10.2. The van der Waals surface area contributed by atoms with Crippen molar-refractivity contribution in [3.63, 3.8) is 0 Å². The van der Waals surface area contributed by atoms with Crippen LogP contribution in [0.4, 0.5) is 0 Å². The van der Waals surface area contributed by atoms with E-state index in [1.54, 1.807) is 11.3 Å². The van der Waals surface area contributed by atoms with Gasteiger partial charge in [-0.15, -0.1) is 11.3 Å². The highest BCUT2D eigenvalue weighted by Gasteiger charge is 2.23. The lowest BCUT2D eigenvalue weighted by molar-refractivity contribution is -0.150. The van der Waals surface area contributed by atoms with Crippen molar-refractivity contribution in [1.82, 2.24) is 4.90 Å². The molecule has 18 heavy (non-hydrogen) atoms. The van der Waals surface area contributed by atoms with Crippen LogP contribution < -0.4 is 0 Å². The van der Waals surface area contributed by atoms with Gasteiger partial charge >= 0.3 is 5.97 Å². The first-order valence-corrected chi connectivity index (χ1v) is 6.97. The zero-order chi connectivity index (χ0) is 12.8. The van der Waals surface area contributed by atoms with E-state index in [2.05, 4.69) is 16.3 Å². The van der Waals surface area contributed by atoms with Crippen LogP contribution in [-0.4, -0.2) is 30.1 Å². The maximum atomic E-state index is 11.3. The third kappa shape index (κ3) is 3.83. The molecule has 0 bridgehead atoms. The van der Waals surface area contributed by atoms with Crippen LogP contribution in [0.25, 0.3) is 0 Å². The van der Waals surface area contributed by atoms with Gasteiger partial charge < -0.3 is 4.74 Å². The van der Waals surface area contributed by atoms with Crippen LogP contribution in [0, 0.1) is 11.3 Å². The highest BCUT2D eigenvalue weighted by molar-refractivity contribution is 7.09. The Morgan fingerprint density at radius 1 is 1.67 bits per heavy atom. The lowest BCUT2D eigenvalue weighted by atomic mass is 10.1. The quantitative estimate of drug-likeness (QED) is 0.782. The summed E-state index contributed by atoms with van der Waals surface area (Å²) in [4.78, 5) is 14.9. The van der Waals surface area contributed by atoms with Crippen LogP contribution in [0.2, 0.25) is 0 Å². The average molecular weight is 264 g/mol. The van der Waals surface area contributed by atoms with Crippen LogP contribution in [0.15, 0.2) is 17.5 Å². The van der Waals surface area contributed by atoms with Crippen molar-refractivity contribution in [2.24, 2.45) is 0 Å². The van der Waals surface area contributed by atoms with Crippen LogP contribution in [0.1, 0.15) is 24.1 Å². The third-order valence-electron chi connectivity index (χ3n) is 2.94. The summed E-state index contributed by atoms with van der Waals surface area (Å²) in [5, 5.41) is 10.5. The molecule has 0 N–H and O–H groups in total. The summed E-state index contributed by atoms with van der Waals surface area (Å²) < 4.78 is 5.28. The van der Waals surface area contributed by atoms with Gasteiger partial charge in [0.25, 0.3) is 0 Å². The molecule has 4 nitrogen and oxygen atoms in total. The molecular weight excluding hydrogens is 248 g/mol. The first kappa shape index (κ1) is 13.1. The van der Waals surface area contributed by atoms with Crippen molar-refractivity contribution in [2.75, 3.05) is 13.1 Å². The number of rotatable bonds is 4. The molecule has 1 aliphatic rings. The topological polar surface area (TPSA) is 53.3 Å². The molecular formula is C13H16N2O2S. The predicted molar refractivity (Wildman–Crippen MR) is 68.9 cm³/mol. The van der Waals surface area contributed by atoms with E-state index in [1.165, 1.54) is 4.88 Å². The molecule has 1 saturated heterocycles. The Bertz CT molecular complexity index is 425. The number of nitriles is 1. The Balaban J connectivity index is 1.81. The van der Waals surface area contributed by atoms with Crippen molar-refractivity contribution in [2.45, 2.75) is 31.9 Å². The lowest BCUT2D eigenvalue weighted by Crippen LogP contribution is -2.39.